The van der Waals surface area contributed by atoms with Crippen LogP contribution >= 0.6 is 0 Å². The van der Waals surface area contributed by atoms with Crippen LogP contribution in [0, 0.1) is 5.82 Å². The van der Waals surface area contributed by atoms with Gasteiger partial charge in [-0.25, -0.2) is 12.8 Å². The maximum atomic E-state index is 14.2. The van der Waals surface area contributed by atoms with Crippen molar-refractivity contribution in [2.24, 2.45) is 0 Å². The maximum Gasteiger partial charge on any atom is 0.416 e. The van der Waals surface area contributed by atoms with Crippen LogP contribution in [0.1, 0.15) is 5.56 Å². The topological polar surface area (TPSA) is 76.5 Å². The van der Waals surface area contributed by atoms with E-state index in [1.165, 1.54) is 24.4 Å². The fraction of sp³-hybridized carbons (Fsp3) is 0.222. The number of nitrogens with one attached hydrogen (secondary N) is 1. The third-order valence-electron chi connectivity index (χ3n) is 5.89. The lowest BCUT2D eigenvalue weighted by molar-refractivity contribution is -0.137. The molecule has 0 amide bonds. The van der Waals surface area contributed by atoms with Crippen LogP contribution in [0.5, 0.6) is 5.75 Å². The van der Waals surface area contributed by atoms with Crippen LogP contribution < -0.4 is 9.46 Å². The summed E-state index contributed by atoms with van der Waals surface area (Å²) in [6.07, 6.45) is -1.62. The molecule has 0 bridgehead atoms. The van der Waals surface area contributed by atoms with Crippen molar-refractivity contribution in [3.8, 4) is 28.0 Å². The molecule has 0 aliphatic heterocycles. The zero-order valence-corrected chi connectivity index (χ0v) is 22.5. The smallest absolute Gasteiger partial charge is 0.416 e. The molecule has 0 fully saturated rings. The van der Waals surface area contributed by atoms with E-state index in [1.54, 1.807) is 10.9 Å². The Morgan fingerprint density at radius 1 is 1.00 bits per heavy atom. The first-order chi connectivity index (χ1) is 19.2. The number of halogens is 6. The van der Waals surface area contributed by atoms with E-state index in [9.17, 15) is 34.8 Å². The molecule has 41 heavy (non-hydrogen) atoms. The second kappa shape index (κ2) is 11.8. The van der Waals surface area contributed by atoms with E-state index < -0.39 is 44.8 Å². The number of anilines is 1. The van der Waals surface area contributed by atoms with E-state index in [1.807, 2.05) is 19.0 Å². The van der Waals surface area contributed by atoms with Gasteiger partial charge in [-0.15, -0.1) is 0 Å². The van der Waals surface area contributed by atoms with Crippen LogP contribution in [-0.4, -0.2) is 50.3 Å². The summed E-state index contributed by atoms with van der Waals surface area (Å²) >= 11 is 0. The fourth-order valence-corrected chi connectivity index (χ4v) is 5.05. The molecule has 0 aliphatic carbocycles. The Labute approximate surface area is 232 Å². The van der Waals surface area contributed by atoms with Gasteiger partial charge in [0.1, 0.15) is 11.6 Å². The Hall–Kier alpha value is -4.04. The van der Waals surface area contributed by atoms with Gasteiger partial charge in [-0.05, 0) is 61.6 Å². The lowest BCUT2D eigenvalue weighted by Crippen LogP contribution is -2.18. The van der Waals surface area contributed by atoms with E-state index in [2.05, 4.69) is 14.6 Å². The largest absolute Gasteiger partial charge is 0.435 e. The van der Waals surface area contributed by atoms with Gasteiger partial charge in [-0.2, -0.15) is 27.1 Å². The number of alkyl halides is 5. The summed E-state index contributed by atoms with van der Waals surface area (Å²) in [5, 5.41) is 4.28. The highest BCUT2D eigenvalue weighted by atomic mass is 32.2. The average molecular weight is 599 g/mol. The van der Waals surface area contributed by atoms with Crippen LogP contribution in [0.3, 0.4) is 0 Å². The highest BCUT2D eigenvalue weighted by molar-refractivity contribution is 7.92. The lowest BCUT2D eigenvalue weighted by Gasteiger charge is -2.15. The number of benzene rings is 3. The Morgan fingerprint density at radius 3 is 2.44 bits per heavy atom. The molecule has 1 heterocycles. The van der Waals surface area contributed by atoms with Crippen molar-refractivity contribution in [2.75, 3.05) is 25.4 Å². The second-order valence-electron chi connectivity index (χ2n) is 9.24. The molecule has 0 unspecified atom stereocenters. The number of hydrogen-bond donors (Lipinski definition) is 1. The Bertz CT molecular complexity index is 1640. The Kier molecular flexibility index (Phi) is 8.63. The molecule has 1 aromatic heterocycles. The van der Waals surface area contributed by atoms with E-state index in [0.29, 0.717) is 30.3 Å². The number of hydrogen-bond acceptors (Lipinski definition) is 5. The van der Waals surface area contributed by atoms with Crippen molar-refractivity contribution >= 4 is 15.7 Å². The summed E-state index contributed by atoms with van der Waals surface area (Å²) in [6.45, 7) is -2.02. The summed E-state index contributed by atoms with van der Waals surface area (Å²) in [5.41, 5.74) is -0.100. The van der Waals surface area contributed by atoms with Crippen molar-refractivity contribution < 1.29 is 39.5 Å². The van der Waals surface area contributed by atoms with Gasteiger partial charge in [0.25, 0.3) is 10.0 Å². The second-order valence-corrected chi connectivity index (χ2v) is 10.9. The number of nitrogens with zero attached hydrogens (tertiary/aromatic N) is 3. The number of aromatic nitrogens is 2. The molecule has 0 aliphatic rings. The van der Waals surface area contributed by atoms with Gasteiger partial charge in [-0.1, -0.05) is 18.2 Å². The summed E-state index contributed by atoms with van der Waals surface area (Å²) in [6, 6.07) is 10.5. The van der Waals surface area contributed by atoms with Crippen LogP contribution in [-0.2, 0) is 22.7 Å². The van der Waals surface area contributed by atoms with E-state index in [-0.39, 0.29) is 16.8 Å². The minimum atomic E-state index is -4.77. The molecule has 7 nitrogen and oxygen atoms in total. The van der Waals surface area contributed by atoms with Gasteiger partial charge in [0.05, 0.1) is 28.9 Å². The third kappa shape index (κ3) is 7.58. The number of ether oxygens (including phenoxy) is 1. The molecule has 0 saturated heterocycles. The van der Waals surface area contributed by atoms with Crippen LogP contribution in [0.15, 0.2) is 78.0 Å². The molecule has 1 N–H and O–H groups in total. The predicted molar refractivity (Wildman–Crippen MR) is 140 cm³/mol. The minimum absolute atomic E-state index is 0.0624. The summed E-state index contributed by atoms with van der Waals surface area (Å²) in [7, 11) is -0.788. The zero-order chi connectivity index (χ0) is 29.9. The van der Waals surface area contributed by atoms with Crippen molar-refractivity contribution in [1.82, 2.24) is 14.7 Å². The SMILES string of the molecule is CN(C)CCn1cc(-c2ccc(-c3cc(F)cc(OC(F)F)c3)cc2NS(=O)(=O)c2cccc(C(F)(F)F)c2)cn1. The van der Waals surface area contributed by atoms with Gasteiger partial charge < -0.3 is 9.64 Å². The Balaban J connectivity index is 1.80. The van der Waals surface area contributed by atoms with Crippen molar-refractivity contribution in [2.45, 2.75) is 24.2 Å². The molecule has 0 radical (unpaired) electrons. The molecular weight excluding hydrogens is 574 g/mol. The van der Waals surface area contributed by atoms with E-state index in [0.717, 1.165) is 36.4 Å². The summed E-state index contributed by atoms with van der Waals surface area (Å²) in [4.78, 5) is 1.30. The molecule has 0 spiro atoms. The average Bonchev–Trinajstić information content (AvgIpc) is 3.35. The summed E-state index contributed by atoms with van der Waals surface area (Å²) < 4.78 is 114. The van der Waals surface area contributed by atoms with Crippen LogP contribution in [0.25, 0.3) is 22.3 Å². The first kappa shape index (κ1) is 29.9. The molecule has 0 atom stereocenters. The Morgan fingerprint density at radius 2 is 1.76 bits per heavy atom. The van der Waals surface area contributed by atoms with Gasteiger partial charge in [0.2, 0.25) is 0 Å². The first-order valence-electron chi connectivity index (χ1n) is 12.0. The molecule has 0 saturated carbocycles. The molecule has 4 aromatic rings. The van der Waals surface area contributed by atoms with Gasteiger partial charge in [0, 0.05) is 29.9 Å². The third-order valence-corrected chi connectivity index (χ3v) is 7.25. The van der Waals surface area contributed by atoms with Crippen LogP contribution in [0.2, 0.25) is 0 Å². The quantitative estimate of drug-likeness (QED) is 0.216. The fourth-order valence-electron chi connectivity index (χ4n) is 3.93. The van der Waals surface area contributed by atoms with Gasteiger partial charge in [-0.3, -0.25) is 9.40 Å². The highest BCUT2D eigenvalue weighted by Gasteiger charge is 2.32. The maximum absolute atomic E-state index is 14.2. The number of sulfonamides is 1. The molecular formula is C27H24F6N4O3S. The van der Waals surface area contributed by atoms with Crippen LogP contribution in [0.4, 0.5) is 32.0 Å². The standard InChI is InChI=1S/C27H24F6N4O3S/c1-36(2)8-9-37-16-19(15-34-37)24-7-6-17(18-10-21(28)14-22(11-18)40-26(29)30)12-25(24)35-41(38,39)23-5-3-4-20(13-23)27(31,32)33/h3-7,10-16,26,35H,8-9H2,1-2H3. The van der Waals surface area contributed by atoms with Crippen molar-refractivity contribution in [3.63, 3.8) is 0 Å². The van der Waals surface area contributed by atoms with Crippen molar-refractivity contribution in [1.29, 1.82) is 0 Å². The first-order valence-corrected chi connectivity index (χ1v) is 13.5. The van der Waals surface area contributed by atoms with Crippen molar-refractivity contribution in [3.05, 3.63) is 84.4 Å². The normalized spacial score (nSPS) is 12.2. The van der Waals surface area contributed by atoms with E-state index in [4.69, 9.17) is 0 Å². The summed E-state index contributed by atoms with van der Waals surface area (Å²) in [5.74, 6) is -1.33. The highest BCUT2D eigenvalue weighted by Crippen LogP contribution is 2.36. The molecule has 3 aromatic carbocycles. The van der Waals surface area contributed by atoms with Gasteiger partial charge >= 0.3 is 12.8 Å². The number of likely N-dealkylation sites (N-methyl/N-ethyl adjacent to an activating group) is 1. The minimum Gasteiger partial charge on any atom is -0.435 e. The van der Waals surface area contributed by atoms with Gasteiger partial charge in [0.15, 0.2) is 0 Å². The lowest BCUT2D eigenvalue weighted by atomic mass is 10.00. The monoisotopic (exact) mass is 598 g/mol. The zero-order valence-electron chi connectivity index (χ0n) is 21.7. The molecule has 218 valence electrons. The molecule has 4 rings (SSSR count). The number of rotatable bonds is 10. The predicted octanol–water partition coefficient (Wildman–Crippen LogP) is 6.34. The molecule has 14 heteroatoms. The van der Waals surface area contributed by atoms with E-state index >= 15 is 0 Å².